The Morgan fingerprint density at radius 3 is 2.68 bits per heavy atom. The number of hydrogen-bond donors (Lipinski definition) is 1. The lowest BCUT2D eigenvalue weighted by Gasteiger charge is -2.05. The van der Waals surface area contributed by atoms with Gasteiger partial charge in [-0.2, -0.15) is 4.98 Å². The standard InChI is InChI=1S/C18H17N3O4/c1-12(22)19-14-6-8-15(9-7-14)24-11-17-20-18(21-25-17)13-4-3-5-16(10-13)23-2/h3-10H,11H2,1-2H3,(H,19,22). The summed E-state index contributed by atoms with van der Waals surface area (Å²) < 4.78 is 16.0. The van der Waals surface area contributed by atoms with Gasteiger partial charge in [-0.15, -0.1) is 0 Å². The third kappa shape index (κ3) is 4.35. The van der Waals surface area contributed by atoms with Gasteiger partial charge in [0.05, 0.1) is 7.11 Å². The number of anilines is 1. The molecule has 7 heteroatoms. The summed E-state index contributed by atoms with van der Waals surface area (Å²) in [5.41, 5.74) is 1.51. The van der Waals surface area contributed by atoms with E-state index in [0.29, 0.717) is 23.2 Å². The van der Waals surface area contributed by atoms with Crippen molar-refractivity contribution < 1.29 is 18.8 Å². The molecule has 0 aliphatic rings. The Labute approximate surface area is 144 Å². The second-order valence-corrected chi connectivity index (χ2v) is 5.24. The number of amides is 1. The zero-order valence-electron chi connectivity index (χ0n) is 13.9. The summed E-state index contributed by atoms with van der Waals surface area (Å²) in [6.07, 6.45) is 0. The summed E-state index contributed by atoms with van der Waals surface area (Å²) in [7, 11) is 1.60. The highest BCUT2D eigenvalue weighted by Gasteiger charge is 2.10. The first kappa shape index (κ1) is 16.5. The first-order valence-corrected chi connectivity index (χ1v) is 7.61. The minimum atomic E-state index is -0.121. The predicted octanol–water partition coefficient (Wildman–Crippen LogP) is 3.28. The van der Waals surface area contributed by atoms with Crippen LogP contribution in [0.3, 0.4) is 0 Å². The monoisotopic (exact) mass is 339 g/mol. The molecule has 0 unspecified atom stereocenters. The number of ether oxygens (including phenoxy) is 2. The molecule has 3 aromatic rings. The van der Waals surface area contributed by atoms with Crippen molar-refractivity contribution in [3.8, 4) is 22.9 Å². The smallest absolute Gasteiger partial charge is 0.264 e. The SMILES string of the molecule is COc1cccc(-c2noc(COc3ccc(NC(C)=O)cc3)n2)c1. The number of hydrogen-bond acceptors (Lipinski definition) is 6. The molecule has 0 radical (unpaired) electrons. The molecule has 25 heavy (non-hydrogen) atoms. The lowest BCUT2D eigenvalue weighted by atomic mass is 10.2. The summed E-state index contributed by atoms with van der Waals surface area (Å²) in [5.74, 6) is 2.07. The topological polar surface area (TPSA) is 86.5 Å². The van der Waals surface area contributed by atoms with Crippen LogP contribution in [0, 0.1) is 0 Å². The fourth-order valence-electron chi connectivity index (χ4n) is 2.18. The van der Waals surface area contributed by atoms with Crippen molar-refractivity contribution in [1.82, 2.24) is 10.1 Å². The molecule has 0 aliphatic carbocycles. The molecule has 0 saturated heterocycles. The molecule has 1 amide bonds. The van der Waals surface area contributed by atoms with E-state index in [4.69, 9.17) is 14.0 Å². The van der Waals surface area contributed by atoms with Gasteiger partial charge in [0.2, 0.25) is 11.7 Å². The molecule has 128 valence electrons. The number of aromatic nitrogens is 2. The Morgan fingerprint density at radius 2 is 1.96 bits per heavy atom. The summed E-state index contributed by atoms with van der Waals surface area (Å²) in [5, 5.41) is 6.64. The lowest BCUT2D eigenvalue weighted by Crippen LogP contribution is -2.05. The van der Waals surface area contributed by atoms with Crippen LogP contribution in [0.2, 0.25) is 0 Å². The minimum Gasteiger partial charge on any atom is -0.497 e. The Bertz CT molecular complexity index is 859. The van der Waals surface area contributed by atoms with Gasteiger partial charge in [-0.25, -0.2) is 0 Å². The van der Waals surface area contributed by atoms with Gasteiger partial charge in [0.15, 0.2) is 6.61 Å². The van der Waals surface area contributed by atoms with Crippen molar-refractivity contribution in [1.29, 1.82) is 0 Å². The molecule has 0 fully saturated rings. The fourth-order valence-corrected chi connectivity index (χ4v) is 2.18. The van der Waals surface area contributed by atoms with Crippen LogP contribution < -0.4 is 14.8 Å². The van der Waals surface area contributed by atoms with E-state index in [0.717, 1.165) is 11.3 Å². The van der Waals surface area contributed by atoms with Crippen molar-refractivity contribution in [3.63, 3.8) is 0 Å². The predicted molar refractivity (Wildman–Crippen MR) is 91.4 cm³/mol. The molecule has 1 aromatic heterocycles. The van der Waals surface area contributed by atoms with Gasteiger partial charge in [0.25, 0.3) is 5.89 Å². The molecule has 0 aliphatic heterocycles. The van der Waals surface area contributed by atoms with Crippen LogP contribution in [0.15, 0.2) is 53.1 Å². The van der Waals surface area contributed by atoms with Crippen LogP contribution in [0.4, 0.5) is 5.69 Å². The quantitative estimate of drug-likeness (QED) is 0.741. The molecule has 0 spiro atoms. The molecular formula is C18H17N3O4. The van der Waals surface area contributed by atoms with E-state index < -0.39 is 0 Å². The van der Waals surface area contributed by atoms with Crippen LogP contribution in [0.1, 0.15) is 12.8 Å². The van der Waals surface area contributed by atoms with Crippen molar-refractivity contribution in [3.05, 3.63) is 54.4 Å². The van der Waals surface area contributed by atoms with Crippen LogP contribution in [-0.2, 0) is 11.4 Å². The average Bonchev–Trinajstić information content (AvgIpc) is 3.10. The summed E-state index contributed by atoms with van der Waals surface area (Å²) in [6.45, 7) is 1.61. The Kier molecular flexibility index (Phi) is 4.94. The number of carbonyl (C=O) groups is 1. The third-order valence-corrected chi connectivity index (χ3v) is 3.33. The molecule has 2 aromatic carbocycles. The second kappa shape index (κ2) is 7.48. The third-order valence-electron chi connectivity index (χ3n) is 3.33. The summed E-state index contributed by atoms with van der Waals surface area (Å²) in [4.78, 5) is 15.3. The van der Waals surface area contributed by atoms with E-state index in [-0.39, 0.29) is 12.5 Å². The number of methoxy groups -OCH3 is 1. The van der Waals surface area contributed by atoms with Gasteiger partial charge in [-0.1, -0.05) is 17.3 Å². The largest absolute Gasteiger partial charge is 0.497 e. The van der Waals surface area contributed by atoms with Crippen molar-refractivity contribution in [2.75, 3.05) is 12.4 Å². The first-order chi connectivity index (χ1) is 12.1. The van der Waals surface area contributed by atoms with Gasteiger partial charge >= 0.3 is 0 Å². The van der Waals surface area contributed by atoms with E-state index >= 15 is 0 Å². The van der Waals surface area contributed by atoms with Crippen LogP contribution in [0.25, 0.3) is 11.4 Å². The molecule has 3 rings (SSSR count). The van der Waals surface area contributed by atoms with E-state index in [9.17, 15) is 4.79 Å². The number of benzene rings is 2. The zero-order valence-corrected chi connectivity index (χ0v) is 13.9. The summed E-state index contributed by atoms with van der Waals surface area (Å²) >= 11 is 0. The Balaban J connectivity index is 1.62. The first-order valence-electron chi connectivity index (χ1n) is 7.61. The molecule has 0 atom stereocenters. The maximum atomic E-state index is 11.0. The van der Waals surface area contributed by atoms with E-state index in [1.54, 1.807) is 31.4 Å². The zero-order chi connectivity index (χ0) is 17.6. The molecule has 0 saturated carbocycles. The van der Waals surface area contributed by atoms with E-state index in [1.807, 2.05) is 24.3 Å². The number of rotatable bonds is 6. The highest BCUT2D eigenvalue weighted by atomic mass is 16.5. The molecular weight excluding hydrogens is 322 g/mol. The Hall–Kier alpha value is -3.35. The van der Waals surface area contributed by atoms with Gasteiger partial charge < -0.3 is 19.3 Å². The van der Waals surface area contributed by atoms with Crippen molar-refractivity contribution >= 4 is 11.6 Å². The van der Waals surface area contributed by atoms with Crippen molar-refractivity contribution in [2.24, 2.45) is 0 Å². The highest BCUT2D eigenvalue weighted by molar-refractivity contribution is 5.88. The van der Waals surface area contributed by atoms with E-state index in [1.165, 1.54) is 6.92 Å². The number of nitrogens with one attached hydrogen (secondary N) is 1. The van der Waals surface area contributed by atoms with Gasteiger partial charge in [0.1, 0.15) is 11.5 Å². The van der Waals surface area contributed by atoms with Gasteiger partial charge in [-0.3, -0.25) is 4.79 Å². The summed E-state index contributed by atoms with van der Waals surface area (Å²) in [6, 6.07) is 14.4. The molecule has 1 N–H and O–H groups in total. The second-order valence-electron chi connectivity index (χ2n) is 5.24. The number of nitrogens with zero attached hydrogens (tertiary/aromatic N) is 2. The van der Waals surface area contributed by atoms with Crippen LogP contribution >= 0.6 is 0 Å². The maximum absolute atomic E-state index is 11.0. The van der Waals surface area contributed by atoms with Crippen LogP contribution in [0.5, 0.6) is 11.5 Å². The van der Waals surface area contributed by atoms with Crippen LogP contribution in [-0.4, -0.2) is 23.2 Å². The van der Waals surface area contributed by atoms with Crippen molar-refractivity contribution in [2.45, 2.75) is 13.5 Å². The highest BCUT2D eigenvalue weighted by Crippen LogP contribution is 2.22. The Morgan fingerprint density at radius 1 is 1.16 bits per heavy atom. The van der Waals surface area contributed by atoms with E-state index in [2.05, 4.69) is 15.5 Å². The maximum Gasteiger partial charge on any atom is 0.264 e. The fraction of sp³-hybridized carbons (Fsp3) is 0.167. The lowest BCUT2D eigenvalue weighted by molar-refractivity contribution is -0.114. The van der Waals surface area contributed by atoms with Gasteiger partial charge in [0, 0.05) is 18.2 Å². The molecule has 1 heterocycles. The number of carbonyl (C=O) groups excluding carboxylic acids is 1. The molecule has 7 nitrogen and oxygen atoms in total. The average molecular weight is 339 g/mol. The molecule has 0 bridgehead atoms. The normalized spacial score (nSPS) is 10.3. The van der Waals surface area contributed by atoms with Gasteiger partial charge in [-0.05, 0) is 36.4 Å². The minimum absolute atomic E-state index is 0.121.